The number of nitrogens with two attached hydrogens (primary N) is 1. The second-order valence-electron chi connectivity index (χ2n) is 5.14. The maximum absolute atomic E-state index is 12.4. The van der Waals surface area contributed by atoms with Gasteiger partial charge in [-0.15, -0.1) is 0 Å². The fraction of sp³-hybridized carbons (Fsp3) is 0.533. The maximum atomic E-state index is 12.4. The molecule has 0 bridgehead atoms. The van der Waals surface area contributed by atoms with E-state index < -0.39 is 0 Å². The van der Waals surface area contributed by atoms with E-state index in [9.17, 15) is 4.79 Å². The predicted molar refractivity (Wildman–Crippen MR) is 79.3 cm³/mol. The van der Waals surface area contributed by atoms with Gasteiger partial charge in [-0.3, -0.25) is 4.90 Å². The van der Waals surface area contributed by atoms with Gasteiger partial charge in [0.15, 0.2) is 0 Å². The Morgan fingerprint density at radius 1 is 1.37 bits per heavy atom. The van der Waals surface area contributed by atoms with E-state index in [1.807, 2.05) is 24.3 Å². The average molecular weight is 261 g/mol. The highest BCUT2D eigenvalue weighted by molar-refractivity contribution is 5.95. The molecule has 0 heterocycles. The summed E-state index contributed by atoms with van der Waals surface area (Å²) < 4.78 is 0. The van der Waals surface area contributed by atoms with Crippen LogP contribution in [0, 0.1) is 0 Å². The Morgan fingerprint density at radius 2 is 2.05 bits per heavy atom. The van der Waals surface area contributed by atoms with Crippen molar-refractivity contribution in [3.63, 3.8) is 0 Å². The molecule has 19 heavy (non-hydrogen) atoms. The molecule has 4 heteroatoms. The topological polar surface area (TPSA) is 58.4 Å². The number of hydrogen-bond acceptors (Lipinski definition) is 2. The first-order valence-corrected chi connectivity index (χ1v) is 7.15. The lowest BCUT2D eigenvalue weighted by atomic mass is 10.2. The number of nitrogens with zero attached hydrogens (tertiary/aromatic N) is 1. The van der Waals surface area contributed by atoms with Crippen LogP contribution in [0.5, 0.6) is 0 Å². The molecule has 0 spiro atoms. The van der Waals surface area contributed by atoms with E-state index in [-0.39, 0.29) is 6.03 Å². The number of para-hydroxylation sites is 2. The molecule has 104 valence electrons. The van der Waals surface area contributed by atoms with Crippen molar-refractivity contribution < 1.29 is 4.79 Å². The molecule has 3 N–H and O–H groups in total. The highest BCUT2D eigenvalue weighted by Crippen LogP contribution is 2.24. The van der Waals surface area contributed by atoms with Gasteiger partial charge in [-0.2, -0.15) is 0 Å². The first-order valence-electron chi connectivity index (χ1n) is 7.15. The number of rotatable bonds is 4. The van der Waals surface area contributed by atoms with Crippen LogP contribution in [0.1, 0.15) is 39.0 Å². The number of nitrogens with one attached hydrogen (secondary N) is 1. The van der Waals surface area contributed by atoms with E-state index in [4.69, 9.17) is 5.73 Å². The Morgan fingerprint density at radius 3 is 2.68 bits per heavy atom. The first kappa shape index (κ1) is 13.7. The third-order valence-corrected chi connectivity index (χ3v) is 3.60. The number of carbonyl (C=O) groups excluding carboxylic acids is 1. The Balaban J connectivity index is 2.10. The zero-order valence-corrected chi connectivity index (χ0v) is 11.6. The second-order valence-corrected chi connectivity index (χ2v) is 5.14. The van der Waals surface area contributed by atoms with E-state index in [0.29, 0.717) is 18.3 Å². The minimum absolute atomic E-state index is 0.0216. The molecule has 0 aliphatic heterocycles. The van der Waals surface area contributed by atoms with Gasteiger partial charge in [-0.25, -0.2) is 4.79 Å². The largest absolute Gasteiger partial charge is 0.397 e. The lowest BCUT2D eigenvalue weighted by Crippen LogP contribution is -2.44. The summed E-state index contributed by atoms with van der Waals surface area (Å²) in [6.45, 7) is 2.75. The molecule has 4 nitrogen and oxygen atoms in total. The number of carbonyl (C=O) groups is 1. The number of hydrogen-bond donors (Lipinski definition) is 2. The van der Waals surface area contributed by atoms with Crippen molar-refractivity contribution in [2.24, 2.45) is 0 Å². The first-order chi connectivity index (χ1) is 9.22. The molecule has 2 amide bonds. The van der Waals surface area contributed by atoms with E-state index >= 15 is 0 Å². The summed E-state index contributed by atoms with van der Waals surface area (Å²) in [5.41, 5.74) is 7.43. The van der Waals surface area contributed by atoms with Crippen molar-refractivity contribution in [2.45, 2.75) is 45.1 Å². The minimum atomic E-state index is -0.0216. The highest BCUT2D eigenvalue weighted by Gasteiger charge is 2.22. The van der Waals surface area contributed by atoms with Gasteiger partial charge < -0.3 is 11.1 Å². The summed E-state index contributed by atoms with van der Waals surface area (Å²) in [5.74, 6) is 0. The molecule has 0 unspecified atom stereocenters. The second kappa shape index (κ2) is 6.45. The average Bonchev–Trinajstić information content (AvgIpc) is 2.90. The summed E-state index contributed by atoms with van der Waals surface area (Å²) in [6, 6.07) is 7.85. The van der Waals surface area contributed by atoms with Gasteiger partial charge in [-0.1, -0.05) is 31.9 Å². The summed E-state index contributed by atoms with van der Waals surface area (Å²) in [5, 5.41) is 3.12. The van der Waals surface area contributed by atoms with Gasteiger partial charge in [0.1, 0.15) is 0 Å². The molecule has 1 aromatic rings. The number of nitrogen functional groups attached to an aromatic ring is 1. The predicted octanol–water partition coefficient (Wildman–Crippen LogP) is 3.14. The molecule has 1 saturated carbocycles. The Labute approximate surface area is 115 Å². The molecular formula is C15H23N3O. The van der Waals surface area contributed by atoms with E-state index in [1.54, 1.807) is 4.90 Å². The molecule has 1 aromatic carbocycles. The lowest BCUT2D eigenvalue weighted by Gasteiger charge is -2.25. The molecule has 1 fully saturated rings. The van der Waals surface area contributed by atoms with Crippen LogP contribution in [-0.2, 0) is 0 Å². The summed E-state index contributed by atoms with van der Waals surface area (Å²) in [6.07, 6.45) is 5.52. The van der Waals surface area contributed by atoms with Gasteiger partial charge in [0.2, 0.25) is 0 Å². The zero-order chi connectivity index (χ0) is 13.7. The molecule has 0 saturated heterocycles. The van der Waals surface area contributed by atoms with Crippen LogP contribution in [0.3, 0.4) is 0 Å². The van der Waals surface area contributed by atoms with Gasteiger partial charge in [0.25, 0.3) is 0 Å². The van der Waals surface area contributed by atoms with Gasteiger partial charge in [-0.05, 0) is 31.4 Å². The smallest absolute Gasteiger partial charge is 0.322 e. The van der Waals surface area contributed by atoms with Crippen LogP contribution >= 0.6 is 0 Å². The number of urea groups is 1. The molecule has 0 radical (unpaired) electrons. The quantitative estimate of drug-likeness (QED) is 0.818. The normalized spacial score (nSPS) is 15.4. The van der Waals surface area contributed by atoms with Crippen LogP contribution in [0.15, 0.2) is 24.3 Å². The highest BCUT2D eigenvalue weighted by atomic mass is 16.2. The number of anilines is 2. The summed E-state index contributed by atoms with van der Waals surface area (Å²) >= 11 is 0. The Kier molecular flexibility index (Phi) is 4.66. The van der Waals surface area contributed by atoms with E-state index in [0.717, 1.165) is 24.9 Å². The monoisotopic (exact) mass is 261 g/mol. The van der Waals surface area contributed by atoms with Crippen LogP contribution in [0.4, 0.5) is 16.2 Å². The van der Waals surface area contributed by atoms with Crippen LogP contribution in [0.2, 0.25) is 0 Å². The number of benzene rings is 1. The summed E-state index contributed by atoms with van der Waals surface area (Å²) in [4.78, 5) is 14.2. The Hall–Kier alpha value is -1.71. The van der Waals surface area contributed by atoms with Crippen molar-refractivity contribution >= 4 is 17.4 Å². The summed E-state index contributed by atoms with van der Waals surface area (Å²) in [7, 11) is 0. The van der Waals surface area contributed by atoms with E-state index in [2.05, 4.69) is 12.2 Å². The third kappa shape index (κ3) is 3.40. The van der Waals surface area contributed by atoms with Gasteiger partial charge in [0.05, 0.1) is 11.4 Å². The fourth-order valence-electron chi connectivity index (χ4n) is 2.61. The minimum Gasteiger partial charge on any atom is -0.397 e. The van der Waals surface area contributed by atoms with Crippen molar-refractivity contribution in [3.05, 3.63) is 24.3 Å². The molecule has 0 atom stereocenters. The van der Waals surface area contributed by atoms with Crippen LogP contribution < -0.4 is 16.0 Å². The maximum Gasteiger partial charge on any atom is 0.322 e. The van der Waals surface area contributed by atoms with Crippen molar-refractivity contribution in [1.82, 2.24) is 5.32 Å². The molecule has 0 aromatic heterocycles. The Bertz CT molecular complexity index is 427. The van der Waals surface area contributed by atoms with Gasteiger partial charge in [0, 0.05) is 12.6 Å². The zero-order valence-electron chi connectivity index (χ0n) is 11.6. The standard InChI is InChI=1S/C15H23N3O/c1-2-11-18(14-10-6-5-9-13(14)16)15(19)17-12-7-3-4-8-12/h5-6,9-10,12H,2-4,7-8,11,16H2,1H3,(H,17,19). The van der Waals surface area contributed by atoms with Crippen molar-refractivity contribution in [1.29, 1.82) is 0 Å². The van der Waals surface area contributed by atoms with Gasteiger partial charge >= 0.3 is 6.03 Å². The van der Waals surface area contributed by atoms with Crippen LogP contribution in [-0.4, -0.2) is 18.6 Å². The molecule has 1 aliphatic carbocycles. The lowest BCUT2D eigenvalue weighted by molar-refractivity contribution is 0.242. The van der Waals surface area contributed by atoms with Crippen LogP contribution in [0.25, 0.3) is 0 Å². The SMILES string of the molecule is CCCN(C(=O)NC1CCCC1)c1ccccc1N. The fourth-order valence-corrected chi connectivity index (χ4v) is 2.61. The van der Waals surface area contributed by atoms with Crippen molar-refractivity contribution in [2.75, 3.05) is 17.2 Å². The third-order valence-electron chi connectivity index (χ3n) is 3.60. The van der Waals surface area contributed by atoms with Crippen molar-refractivity contribution in [3.8, 4) is 0 Å². The van der Waals surface area contributed by atoms with E-state index in [1.165, 1.54) is 12.8 Å². The molecule has 2 rings (SSSR count). The number of amides is 2. The molecular weight excluding hydrogens is 238 g/mol. The molecule has 1 aliphatic rings.